The van der Waals surface area contributed by atoms with E-state index in [1.165, 1.54) is 0 Å². The highest BCUT2D eigenvalue weighted by atomic mass is 32.1. The van der Waals surface area contributed by atoms with E-state index in [9.17, 15) is 4.79 Å². The maximum absolute atomic E-state index is 13.4. The topological polar surface area (TPSA) is 85.2 Å². The summed E-state index contributed by atoms with van der Waals surface area (Å²) in [5.41, 5.74) is 2.73. The van der Waals surface area contributed by atoms with Gasteiger partial charge in [-0.3, -0.25) is 4.79 Å². The van der Waals surface area contributed by atoms with E-state index >= 15 is 0 Å². The first kappa shape index (κ1) is 23.4. The minimum Gasteiger partial charge on any atom is -0.368 e. The number of hydrogen-bond acceptors (Lipinski definition) is 7. The second kappa shape index (κ2) is 10.1. The van der Waals surface area contributed by atoms with Crippen LogP contribution in [0.2, 0.25) is 0 Å². The van der Waals surface area contributed by atoms with Crippen LogP contribution < -0.4 is 5.32 Å². The molecule has 8 nitrogen and oxygen atoms in total. The Labute approximate surface area is 209 Å². The van der Waals surface area contributed by atoms with Crippen molar-refractivity contribution in [3.8, 4) is 0 Å². The van der Waals surface area contributed by atoms with Crippen LogP contribution in [0.5, 0.6) is 0 Å². The van der Waals surface area contributed by atoms with Crippen LogP contribution in [0.4, 0.5) is 10.9 Å². The third-order valence-corrected chi connectivity index (χ3v) is 6.82. The van der Waals surface area contributed by atoms with Crippen molar-refractivity contribution >= 4 is 39.2 Å². The summed E-state index contributed by atoms with van der Waals surface area (Å²) >= 11 is 1.58. The van der Waals surface area contributed by atoms with Gasteiger partial charge in [0.25, 0.3) is 0 Å². The number of pyridine rings is 1. The average Bonchev–Trinajstić information content (AvgIpc) is 3.41. The Bertz CT molecular complexity index is 1330. The molecule has 3 aromatic heterocycles. The predicted molar refractivity (Wildman–Crippen MR) is 138 cm³/mol. The number of fused-ring (bicyclic) bond motifs is 1. The van der Waals surface area contributed by atoms with Gasteiger partial charge in [0.05, 0.1) is 29.9 Å². The van der Waals surface area contributed by atoms with Gasteiger partial charge in [0, 0.05) is 24.0 Å². The van der Waals surface area contributed by atoms with Gasteiger partial charge in [-0.2, -0.15) is 0 Å². The van der Waals surface area contributed by atoms with Gasteiger partial charge in [0.15, 0.2) is 5.13 Å². The molecule has 4 heterocycles. The Morgan fingerprint density at radius 3 is 2.86 bits per heavy atom. The molecule has 1 amide bonds. The largest absolute Gasteiger partial charge is 0.368 e. The number of carbonyl (C=O) groups excluding carboxylic acids is 1. The standard InChI is InChI=1S/C26H30N6O2S/c1-17(2)13-24-29-19-7-4-5-9-21(19)32(24)16-25(33)31-11-12-34-22(15-31)20-8-6-10-23(28-20)30-26-27-14-18(3)35-26/h4-10,14,17,22H,11-13,15-16H2,1-3H3,(H,27,28,30). The molecule has 1 fully saturated rings. The van der Waals surface area contributed by atoms with Gasteiger partial charge in [-0.15, -0.1) is 11.3 Å². The van der Waals surface area contributed by atoms with Crippen LogP contribution in [0.3, 0.4) is 0 Å². The highest BCUT2D eigenvalue weighted by molar-refractivity contribution is 7.15. The normalized spacial score (nSPS) is 16.2. The summed E-state index contributed by atoms with van der Waals surface area (Å²) in [6.07, 6.45) is 2.39. The third kappa shape index (κ3) is 5.36. The van der Waals surface area contributed by atoms with Crippen molar-refractivity contribution in [1.82, 2.24) is 24.4 Å². The maximum Gasteiger partial charge on any atom is 0.242 e. The number of aryl methyl sites for hydroxylation is 1. The number of nitrogens with one attached hydrogen (secondary N) is 1. The molecule has 1 N–H and O–H groups in total. The van der Waals surface area contributed by atoms with Crippen molar-refractivity contribution in [3.05, 3.63) is 65.1 Å². The minimum absolute atomic E-state index is 0.0685. The predicted octanol–water partition coefficient (Wildman–Crippen LogP) is 4.74. The molecule has 5 rings (SSSR count). The fourth-order valence-corrected chi connectivity index (χ4v) is 5.01. The first-order chi connectivity index (χ1) is 17.0. The monoisotopic (exact) mass is 490 g/mol. The zero-order valence-electron chi connectivity index (χ0n) is 20.3. The molecule has 35 heavy (non-hydrogen) atoms. The van der Waals surface area contributed by atoms with Crippen LogP contribution in [0.1, 0.15) is 36.3 Å². The molecule has 1 saturated heterocycles. The quantitative estimate of drug-likeness (QED) is 0.403. The lowest BCUT2D eigenvalue weighted by Gasteiger charge is -2.33. The zero-order chi connectivity index (χ0) is 24.4. The Balaban J connectivity index is 1.31. The summed E-state index contributed by atoms with van der Waals surface area (Å²) in [5.74, 6) is 2.19. The third-order valence-electron chi connectivity index (χ3n) is 5.99. The summed E-state index contributed by atoms with van der Waals surface area (Å²) in [6, 6.07) is 13.8. The lowest BCUT2D eigenvalue weighted by atomic mass is 10.1. The van der Waals surface area contributed by atoms with E-state index in [0.29, 0.717) is 31.4 Å². The number of hydrogen-bond donors (Lipinski definition) is 1. The van der Waals surface area contributed by atoms with Crippen molar-refractivity contribution < 1.29 is 9.53 Å². The second-order valence-corrected chi connectivity index (χ2v) is 10.5. The number of rotatable bonds is 7. The first-order valence-corrected chi connectivity index (χ1v) is 12.8. The molecule has 0 aliphatic carbocycles. The molecule has 1 aliphatic heterocycles. The number of ether oxygens (including phenoxy) is 1. The molecule has 0 saturated carbocycles. The smallest absolute Gasteiger partial charge is 0.242 e. The Hall–Kier alpha value is -3.30. The molecule has 0 radical (unpaired) electrons. The number of anilines is 2. The number of morpholine rings is 1. The summed E-state index contributed by atoms with van der Waals surface area (Å²) < 4.78 is 8.09. The van der Waals surface area contributed by atoms with Gasteiger partial charge < -0.3 is 19.5 Å². The van der Waals surface area contributed by atoms with Gasteiger partial charge in [-0.25, -0.2) is 15.0 Å². The van der Waals surface area contributed by atoms with Crippen molar-refractivity contribution in [3.63, 3.8) is 0 Å². The van der Waals surface area contributed by atoms with Gasteiger partial charge in [-0.1, -0.05) is 32.0 Å². The van der Waals surface area contributed by atoms with E-state index in [4.69, 9.17) is 14.7 Å². The number of carbonyl (C=O) groups is 1. The summed E-state index contributed by atoms with van der Waals surface area (Å²) in [4.78, 5) is 30.3. The van der Waals surface area contributed by atoms with Gasteiger partial charge in [0.2, 0.25) is 5.91 Å². The molecule has 1 atom stereocenters. The van der Waals surface area contributed by atoms with Crippen molar-refractivity contribution in [2.45, 2.75) is 39.8 Å². The van der Waals surface area contributed by atoms with E-state index in [1.54, 1.807) is 11.3 Å². The van der Waals surface area contributed by atoms with Crippen molar-refractivity contribution in [2.24, 2.45) is 5.92 Å². The number of thiazole rings is 1. The van der Waals surface area contributed by atoms with Crippen LogP contribution in [0, 0.1) is 12.8 Å². The summed E-state index contributed by atoms with van der Waals surface area (Å²) in [5, 5.41) is 4.06. The number of benzene rings is 1. The molecule has 182 valence electrons. The van der Waals surface area contributed by atoms with Crippen LogP contribution in [0.25, 0.3) is 11.0 Å². The van der Waals surface area contributed by atoms with Gasteiger partial charge >= 0.3 is 0 Å². The number of nitrogens with zero attached hydrogens (tertiary/aromatic N) is 5. The highest BCUT2D eigenvalue weighted by Gasteiger charge is 2.27. The second-order valence-electron chi connectivity index (χ2n) is 9.25. The Kier molecular flexibility index (Phi) is 6.79. The maximum atomic E-state index is 13.4. The number of aromatic nitrogens is 4. The van der Waals surface area contributed by atoms with Crippen LogP contribution in [-0.4, -0.2) is 50.0 Å². The van der Waals surface area contributed by atoms with E-state index < -0.39 is 0 Å². The molecule has 4 aromatic rings. The average molecular weight is 491 g/mol. The van der Waals surface area contributed by atoms with Gasteiger partial charge in [-0.05, 0) is 37.1 Å². The number of amides is 1. The molecular weight excluding hydrogens is 460 g/mol. The molecular formula is C26H30N6O2S. The van der Waals surface area contributed by atoms with E-state index in [-0.39, 0.29) is 18.6 Å². The highest BCUT2D eigenvalue weighted by Crippen LogP contribution is 2.26. The van der Waals surface area contributed by atoms with E-state index in [0.717, 1.165) is 39.0 Å². The number of imidazole rings is 1. The van der Waals surface area contributed by atoms with Crippen LogP contribution >= 0.6 is 11.3 Å². The lowest BCUT2D eigenvalue weighted by Crippen LogP contribution is -2.44. The van der Waals surface area contributed by atoms with Crippen molar-refractivity contribution in [1.29, 1.82) is 0 Å². The molecule has 9 heteroatoms. The first-order valence-electron chi connectivity index (χ1n) is 12.0. The SMILES string of the molecule is Cc1cnc(Nc2cccc(C3CN(C(=O)Cn4c(CC(C)C)nc5ccccc54)CCO3)n2)s1. The Morgan fingerprint density at radius 1 is 1.20 bits per heavy atom. The summed E-state index contributed by atoms with van der Waals surface area (Å²) in [7, 11) is 0. The zero-order valence-corrected chi connectivity index (χ0v) is 21.1. The Morgan fingerprint density at radius 2 is 2.06 bits per heavy atom. The molecule has 0 bridgehead atoms. The molecule has 1 aliphatic rings. The van der Waals surface area contributed by atoms with Crippen molar-refractivity contribution in [2.75, 3.05) is 25.0 Å². The molecule has 1 unspecified atom stereocenters. The fraction of sp³-hybridized carbons (Fsp3) is 0.385. The van der Waals surface area contributed by atoms with E-state index in [2.05, 4.69) is 28.7 Å². The van der Waals surface area contributed by atoms with Crippen LogP contribution in [0.15, 0.2) is 48.7 Å². The number of para-hydroxylation sites is 2. The van der Waals surface area contributed by atoms with E-state index in [1.807, 2.05) is 60.5 Å². The lowest BCUT2D eigenvalue weighted by molar-refractivity contribution is -0.139. The molecule has 0 spiro atoms. The van der Waals surface area contributed by atoms with Gasteiger partial charge in [0.1, 0.15) is 24.3 Å². The minimum atomic E-state index is -0.276. The van der Waals surface area contributed by atoms with Crippen LogP contribution in [-0.2, 0) is 22.5 Å². The summed E-state index contributed by atoms with van der Waals surface area (Å²) in [6.45, 7) is 8.15. The fourth-order valence-electron chi connectivity index (χ4n) is 4.34. The molecule has 1 aromatic carbocycles.